The first-order valence-electron chi connectivity index (χ1n) is 6.18. The maximum absolute atomic E-state index is 9.88. The van der Waals surface area contributed by atoms with Crippen molar-refractivity contribution in [1.82, 2.24) is 10.1 Å². The summed E-state index contributed by atoms with van der Waals surface area (Å²) in [7, 11) is 1.53. The maximum Gasteiger partial charge on any atom is 0.262 e. The Morgan fingerprint density at radius 1 is 1.05 bits per heavy atom. The minimum atomic E-state index is 0.0247. The van der Waals surface area contributed by atoms with Gasteiger partial charge in [-0.2, -0.15) is 4.98 Å². The monoisotopic (exact) mass is 284 g/mol. The summed E-state index contributed by atoms with van der Waals surface area (Å²) in [5.74, 6) is 1.32. The fraction of sp³-hybridized carbons (Fsp3) is 0.0667. The van der Waals surface area contributed by atoms with Crippen LogP contribution in [-0.2, 0) is 0 Å². The van der Waals surface area contributed by atoms with Crippen LogP contribution in [0, 0.1) is 0 Å². The first-order valence-corrected chi connectivity index (χ1v) is 6.18. The Morgan fingerprint density at radius 2 is 1.81 bits per heavy atom. The summed E-state index contributed by atoms with van der Waals surface area (Å²) in [5.41, 5.74) is 1.09. The van der Waals surface area contributed by atoms with Gasteiger partial charge in [-0.15, -0.1) is 0 Å². The zero-order chi connectivity index (χ0) is 14.8. The quantitative estimate of drug-likeness (QED) is 0.768. The molecule has 3 aromatic rings. The lowest BCUT2D eigenvalue weighted by Crippen LogP contribution is -1.85. The van der Waals surface area contributed by atoms with E-state index in [9.17, 15) is 10.2 Å². The molecule has 0 aliphatic rings. The van der Waals surface area contributed by atoms with Gasteiger partial charge in [-0.05, 0) is 42.5 Å². The van der Waals surface area contributed by atoms with E-state index in [2.05, 4.69) is 10.1 Å². The lowest BCUT2D eigenvalue weighted by molar-refractivity contribution is 0.408. The van der Waals surface area contributed by atoms with Crippen LogP contribution in [0.1, 0.15) is 0 Å². The normalized spacial score (nSPS) is 10.5. The SMILES string of the molecule is COc1ccc(O)c(-c2nc(-c3ccc(O)cc3)no2)c1. The molecule has 1 heterocycles. The van der Waals surface area contributed by atoms with Gasteiger partial charge in [0, 0.05) is 5.56 Å². The zero-order valence-electron chi connectivity index (χ0n) is 11.1. The molecule has 106 valence electrons. The summed E-state index contributed by atoms with van der Waals surface area (Å²) < 4.78 is 10.3. The van der Waals surface area contributed by atoms with Gasteiger partial charge in [0.1, 0.15) is 17.2 Å². The molecule has 2 N–H and O–H groups in total. The highest BCUT2D eigenvalue weighted by Crippen LogP contribution is 2.32. The van der Waals surface area contributed by atoms with Gasteiger partial charge in [0.15, 0.2) is 0 Å². The second-order valence-electron chi connectivity index (χ2n) is 4.35. The predicted octanol–water partition coefficient (Wildman–Crippen LogP) is 2.82. The Bertz CT molecular complexity index is 766. The lowest BCUT2D eigenvalue weighted by atomic mass is 10.2. The number of nitrogens with zero attached hydrogens (tertiary/aromatic N) is 2. The molecule has 6 heteroatoms. The van der Waals surface area contributed by atoms with Gasteiger partial charge in [-0.25, -0.2) is 0 Å². The summed E-state index contributed by atoms with van der Waals surface area (Å²) in [6.45, 7) is 0. The third-order valence-electron chi connectivity index (χ3n) is 2.99. The standard InChI is InChI=1S/C15H12N2O4/c1-20-11-6-7-13(19)12(8-11)15-16-14(17-21-15)9-2-4-10(18)5-3-9/h2-8,18-19H,1H3. The number of benzene rings is 2. The molecule has 0 amide bonds. The molecule has 1 aromatic heterocycles. The highest BCUT2D eigenvalue weighted by atomic mass is 16.5. The van der Waals surface area contributed by atoms with E-state index in [4.69, 9.17) is 9.26 Å². The fourth-order valence-electron chi connectivity index (χ4n) is 1.87. The molecular formula is C15H12N2O4. The van der Waals surface area contributed by atoms with Crippen molar-refractivity contribution >= 4 is 0 Å². The van der Waals surface area contributed by atoms with E-state index in [1.54, 1.807) is 24.3 Å². The Labute approximate surface area is 120 Å². The van der Waals surface area contributed by atoms with Crippen LogP contribution in [-0.4, -0.2) is 27.5 Å². The predicted molar refractivity (Wildman–Crippen MR) is 75.1 cm³/mol. The minimum absolute atomic E-state index is 0.0247. The van der Waals surface area contributed by atoms with Crippen LogP contribution in [0.25, 0.3) is 22.8 Å². The Hall–Kier alpha value is -3.02. The molecule has 0 radical (unpaired) electrons. The van der Waals surface area contributed by atoms with Gasteiger partial charge < -0.3 is 19.5 Å². The van der Waals surface area contributed by atoms with E-state index in [0.29, 0.717) is 22.7 Å². The van der Waals surface area contributed by atoms with Crippen LogP contribution < -0.4 is 4.74 Å². The van der Waals surface area contributed by atoms with Crippen molar-refractivity contribution in [3.05, 3.63) is 42.5 Å². The van der Waals surface area contributed by atoms with E-state index >= 15 is 0 Å². The molecule has 0 fully saturated rings. The third kappa shape index (κ3) is 2.51. The van der Waals surface area contributed by atoms with Crippen LogP contribution in [0.4, 0.5) is 0 Å². The molecule has 0 bridgehead atoms. The summed E-state index contributed by atoms with van der Waals surface area (Å²) in [6.07, 6.45) is 0. The van der Waals surface area contributed by atoms with E-state index in [1.165, 1.54) is 25.3 Å². The molecule has 3 rings (SSSR count). The van der Waals surface area contributed by atoms with Gasteiger partial charge in [-0.3, -0.25) is 0 Å². The topological polar surface area (TPSA) is 88.6 Å². The largest absolute Gasteiger partial charge is 0.508 e. The number of aromatic hydroxyl groups is 2. The van der Waals surface area contributed by atoms with E-state index in [1.807, 2.05) is 0 Å². The van der Waals surface area contributed by atoms with Gasteiger partial charge in [0.25, 0.3) is 5.89 Å². The van der Waals surface area contributed by atoms with Gasteiger partial charge in [0.05, 0.1) is 12.7 Å². The lowest BCUT2D eigenvalue weighted by Gasteiger charge is -2.02. The molecule has 0 unspecified atom stereocenters. The van der Waals surface area contributed by atoms with E-state index in [-0.39, 0.29) is 17.4 Å². The van der Waals surface area contributed by atoms with Crippen molar-refractivity contribution in [1.29, 1.82) is 0 Å². The fourth-order valence-corrected chi connectivity index (χ4v) is 1.87. The van der Waals surface area contributed by atoms with Crippen LogP contribution in [0.3, 0.4) is 0 Å². The first-order chi connectivity index (χ1) is 10.2. The summed E-state index contributed by atoms with van der Waals surface area (Å²) in [4.78, 5) is 4.24. The molecule has 0 saturated heterocycles. The second-order valence-corrected chi connectivity index (χ2v) is 4.35. The number of aromatic nitrogens is 2. The van der Waals surface area contributed by atoms with E-state index < -0.39 is 0 Å². The molecule has 2 aromatic carbocycles. The molecule has 6 nitrogen and oxygen atoms in total. The van der Waals surface area contributed by atoms with Crippen molar-refractivity contribution in [2.45, 2.75) is 0 Å². The maximum atomic E-state index is 9.88. The molecule has 0 atom stereocenters. The number of hydrogen-bond donors (Lipinski definition) is 2. The van der Waals surface area contributed by atoms with Crippen molar-refractivity contribution in [3.63, 3.8) is 0 Å². The van der Waals surface area contributed by atoms with E-state index in [0.717, 1.165) is 0 Å². The van der Waals surface area contributed by atoms with Crippen molar-refractivity contribution in [2.24, 2.45) is 0 Å². The smallest absolute Gasteiger partial charge is 0.262 e. The number of rotatable bonds is 3. The zero-order valence-corrected chi connectivity index (χ0v) is 11.1. The van der Waals surface area contributed by atoms with Gasteiger partial charge >= 0.3 is 0 Å². The molecule has 0 aliphatic carbocycles. The Balaban J connectivity index is 2.00. The minimum Gasteiger partial charge on any atom is -0.508 e. The van der Waals surface area contributed by atoms with Crippen LogP contribution in [0.2, 0.25) is 0 Å². The Kier molecular flexibility index (Phi) is 3.19. The average molecular weight is 284 g/mol. The average Bonchev–Trinajstić information content (AvgIpc) is 2.98. The molecule has 0 aliphatic heterocycles. The number of ether oxygens (including phenoxy) is 1. The van der Waals surface area contributed by atoms with Crippen LogP contribution >= 0.6 is 0 Å². The van der Waals surface area contributed by atoms with Crippen LogP contribution in [0.15, 0.2) is 47.0 Å². The van der Waals surface area contributed by atoms with Crippen molar-refractivity contribution < 1.29 is 19.5 Å². The highest BCUT2D eigenvalue weighted by Gasteiger charge is 2.15. The third-order valence-corrected chi connectivity index (χ3v) is 2.99. The number of phenols is 2. The summed E-state index contributed by atoms with van der Waals surface area (Å²) in [6, 6.07) is 11.2. The van der Waals surface area contributed by atoms with Gasteiger partial charge in [-0.1, -0.05) is 5.16 Å². The Morgan fingerprint density at radius 3 is 2.52 bits per heavy atom. The second kappa shape index (κ2) is 5.16. The molecular weight excluding hydrogens is 272 g/mol. The van der Waals surface area contributed by atoms with Crippen LogP contribution in [0.5, 0.6) is 17.2 Å². The number of phenolic OH excluding ortho intramolecular Hbond substituents is 2. The highest BCUT2D eigenvalue weighted by molar-refractivity contribution is 5.66. The molecule has 21 heavy (non-hydrogen) atoms. The number of methoxy groups -OCH3 is 1. The number of hydrogen-bond acceptors (Lipinski definition) is 6. The van der Waals surface area contributed by atoms with Crippen molar-refractivity contribution in [2.75, 3.05) is 7.11 Å². The summed E-state index contributed by atoms with van der Waals surface area (Å²) in [5, 5.41) is 23.0. The first kappa shape index (κ1) is 13.0. The molecule has 0 spiro atoms. The van der Waals surface area contributed by atoms with Gasteiger partial charge in [0.2, 0.25) is 5.82 Å². The molecule has 0 saturated carbocycles. The van der Waals surface area contributed by atoms with Crippen molar-refractivity contribution in [3.8, 4) is 40.1 Å². The summed E-state index contributed by atoms with van der Waals surface area (Å²) >= 11 is 0.